The summed E-state index contributed by atoms with van der Waals surface area (Å²) in [6, 6.07) is 8.40. The molecule has 1 heterocycles. The van der Waals surface area contributed by atoms with Gasteiger partial charge in [-0.2, -0.15) is 4.39 Å². The van der Waals surface area contributed by atoms with Gasteiger partial charge in [-0.15, -0.1) is 0 Å². The van der Waals surface area contributed by atoms with E-state index in [0.717, 1.165) is 6.07 Å². The lowest BCUT2D eigenvalue weighted by Gasteiger charge is -2.10. The summed E-state index contributed by atoms with van der Waals surface area (Å²) in [5.41, 5.74) is 0.783. The topological polar surface area (TPSA) is 79.3 Å². The molecule has 5 nitrogen and oxygen atoms in total. The third kappa shape index (κ3) is 2.80. The van der Waals surface area contributed by atoms with Crippen LogP contribution in [0.3, 0.4) is 0 Å². The number of carboxylic acid groups (broad SMARTS) is 1. The molecule has 0 fully saturated rings. The van der Waals surface area contributed by atoms with Crippen LogP contribution in [0, 0.1) is 12.9 Å². The lowest BCUT2D eigenvalue weighted by atomic mass is 10.1. The van der Waals surface area contributed by atoms with Crippen molar-refractivity contribution in [2.24, 2.45) is 0 Å². The molecule has 6 heteroatoms. The Bertz CT molecular complexity index is 686. The van der Waals surface area contributed by atoms with Gasteiger partial charge in [-0.3, -0.25) is 4.79 Å². The molecule has 0 aliphatic heterocycles. The summed E-state index contributed by atoms with van der Waals surface area (Å²) < 4.78 is 12.9. The number of anilines is 1. The molecule has 2 rings (SSSR count). The maximum Gasteiger partial charge on any atom is 0.336 e. The molecule has 2 N–H and O–H groups in total. The fourth-order valence-electron chi connectivity index (χ4n) is 1.72. The summed E-state index contributed by atoms with van der Waals surface area (Å²) in [4.78, 5) is 26.4. The first kappa shape index (κ1) is 13.7. The van der Waals surface area contributed by atoms with Crippen LogP contribution in [0.4, 0.5) is 10.1 Å². The second-order valence-corrected chi connectivity index (χ2v) is 4.08. The first-order valence-corrected chi connectivity index (χ1v) is 5.76. The minimum absolute atomic E-state index is 0.0786. The van der Waals surface area contributed by atoms with Crippen molar-refractivity contribution in [3.05, 3.63) is 59.2 Å². The highest BCUT2D eigenvalue weighted by Gasteiger charge is 2.13. The highest BCUT2D eigenvalue weighted by Crippen LogP contribution is 2.19. The average Bonchev–Trinajstić information content (AvgIpc) is 2.40. The van der Waals surface area contributed by atoms with Crippen LogP contribution in [0.25, 0.3) is 0 Å². The number of aromatic nitrogens is 1. The third-order valence-electron chi connectivity index (χ3n) is 2.76. The molecule has 102 valence electrons. The van der Waals surface area contributed by atoms with Crippen molar-refractivity contribution in [3.8, 4) is 0 Å². The number of hydrogen-bond acceptors (Lipinski definition) is 3. The van der Waals surface area contributed by atoms with E-state index in [-0.39, 0.29) is 11.3 Å². The third-order valence-corrected chi connectivity index (χ3v) is 2.76. The zero-order chi connectivity index (χ0) is 14.7. The number of benzene rings is 1. The lowest BCUT2D eigenvalue weighted by molar-refractivity contribution is 0.0695. The van der Waals surface area contributed by atoms with Crippen molar-refractivity contribution < 1.29 is 19.1 Å². The van der Waals surface area contributed by atoms with Crippen molar-refractivity contribution >= 4 is 17.6 Å². The molecule has 1 amide bonds. The molecule has 0 spiro atoms. The van der Waals surface area contributed by atoms with Crippen molar-refractivity contribution in [2.45, 2.75) is 6.92 Å². The maximum atomic E-state index is 12.9. The van der Waals surface area contributed by atoms with Crippen LogP contribution in [0.2, 0.25) is 0 Å². The van der Waals surface area contributed by atoms with Gasteiger partial charge in [-0.25, -0.2) is 9.78 Å². The van der Waals surface area contributed by atoms with Crippen LogP contribution in [0.15, 0.2) is 36.4 Å². The molecule has 0 aliphatic carbocycles. The molecular formula is C14H11FN2O3. The highest BCUT2D eigenvalue weighted by molar-refractivity contribution is 6.04. The van der Waals surface area contributed by atoms with Crippen LogP contribution in [-0.4, -0.2) is 22.0 Å². The van der Waals surface area contributed by atoms with Crippen molar-refractivity contribution in [1.82, 2.24) is 4.98 Å². The van der Waals surface area contributed by atoms with E-state index < -0.39 is 17.8 Å². The largest absolute Gasteiger partial charge is 0.478 e. The summed E-state index contributed by atoms with van der Waals surface area (Å²) in [6.45, 7) is 1.58. The van der Waals surface area contributed by atoms with Crippen LogP contribution >= 0.6 is 0 Å². The number of aromatic carboxylic acids is 1. The number of carbonyl (C=O) groups is 2. The summed E-state index contributed by atoms with van der Waals surface area (Å²) in [7, 11) is 0. The molecule has 0 aliphatic rings. The van der Waals surface area contributed by atoms with Gasteiger partial charge in [0.05, 0.1) is 5.56 Å². The Balaban J connectivity index is 2.29. The molecule has 0 saturated carbocycles. The second kappa shape index (κ2) is 5.48. The number of hydrogen-bond donors (Lipinski definition) is 2. The van der Waals surface area contributed by atoms with E-state index in [4.69, 9.17) is 5.11 Å². The Kier molecular flexibility index (Phi) is 3.74. The number of carboxylic acids is 1. The van der Waals surface area contributed by atoms with Gasteiger partial charge in [-0.1, -0.05) is 12.1 Å². The van der Waals surface area contributed by atoms with Gasteiger partial charge >= 0.3 is 5.97 Å². The van der Waals surface area contributed by atoms with Crippen LogP contribution in [0.1, 0.15) is 26.4 Å². The predicted octanol–water partition coefficient (Wildman–Crippen LogP) is 2.48. The highest BCUT2D eigenvalue weighted by atomic mass is 19.1. The average molecular weight is 274 g/mol. The van der Waals surface area contributed by atoms with E-state index >= 15 is 0 Å². The number of pyridine rings is 1. The van der Waals surface area contributed by atoms with E-state index in [1.54, 1.807) is 13.0 Å². The van der Waals surface area contributed by atoms with Crippen molar-refractivity contribution in [1.29, 1.82) is 0 Å². The molecule has 1 aromatic heterocycles. The van der Waals surface area contributed by atoms with Gasteiger partial charge in [0.2, 0.25) is 5.95 Å². The van der Waals surface area contributed by atoms with Crippen LogP contribution in [0.5, 0.6) is 0 Å². The zero-order valence-corrected chi connectivity index (χ0v) is 10.6. The molecule has 0 radical (unpaired) electrons. The molecule has 2 aromatic rings. The molecule has 20 heavy (non-hydrogen) atoms. The number of nitrogens with one attached hydrogen (secondary N) is 1. The molecule has 0 unspecified atom stereocenters. The van der Waals surface area contributed by atoms with Crippen LogP contribution < -0.4 is 5.32 Å². The minimum Gasteiger partial charge on any atom is -0.478 e. The van der Waals surface area contributed by atoms with Gasteiger partial charge in [0.25, 0.3) is 5.91 Å². The fourth-order valence-corrected chi connectivity index (χ4v) is 1.72. The lowest BCUT2D eigenvalue weighted by Crippen LogP contribution is -2.15. The van der Waals surface area contributed by atoms with Gasteiger partial charge < -0.3 is 10.4 Å². The number of carbonyl (C=O) groups excluding carboxylic acids is 1. The molecular weight excluding hydrogens is 263 g/mol. The van der Waals surface area contributed by atoms with Gasteiger partial charge in [0.1, 0.15) is 5.69 Å². The van der Waals surface area contributed by atoms with E-state index in [9.17, 15) is 14.0 Å². The first-order valence-electron chi connectivity index (χ1n) is 5.76. The maximum absolute atomic E-state index is 12.9. The Hall–Kier alpha value is -2.76. The quantitative estimate of drug-likeness (QED) is 0.843. The summed E-state index contributed by atoms with van der Waals surface area (Å²) in [5.74, 6) is -2.44. The fraction of sp³-hybridized carbons (Fsp3) is 0.0714. The predicted molar refractivity (Wildman–Crippen MR) is 70.3 cm³/mol. The van der Waals surface area contributed by atoms with E-state index in [2.05, 4.69) is 10.3 Å². The molecule has 0 saturated heterocycles. The summed E-state index contributed by atoms with van der Waals surface area (Å²) in [6.07, 6.45) is 0. The zero-order valence-electron chi connectivity index (χ0n) is 10.6. The molecule has 1 aromatic carbocycles. The Morgan fingerprint density at radius 2 is 1.90 bits per heavy atom. The van der Waals surface area contributed by atoms with Gasteiger partial charge in [-0.05, 0) is 36.8 Å². The Morgan fingerprint density at radius 1 is 1.20 bits per heavy atom. The molecule has 0 bridgehead atoms. The normalized spacial score (nSPS) is 10.1. The Morgan fingerprint density at radius 3 is 2.55 bits per heavy atom. The standard InChI is InChI=1S/C14H11FN2O3/c1-8-9(14(19)20)4-2-5-10(8)17-13(18)11-6-3-7-12(15)16-11/h2-7H,1H3,(H,17,18)(H,19,20). The number of rotatable bonds is 3. The van der Waals surface area contributed by atoms with E-state index in [1.165, 1.54) is 24.3 Å². The Labute approximate surface area is 114 Å². The monoisotopic (exact) mass is 274 g/mol. The number of nitrogens with zero attached hydrogens (tertiary/aromatic N) is 1. The first-order chi connectivity index (χ1) is 9.49. The molecule has 0 atom stereocenters. The van der Waals surface area contributed by atoms with Crippen molar-refractivity contribution in [3.63, 3.8) is 0 Å². The van der Waals surface area contributed by atoms with Gasteiger partial charge in [0, 0.05) is 5.69 Å². The van der Waals surface area contributed by atoms with E-state index in [0.29, 0.717) is 11.3 Å². The number of amides is 1. The summed E-state index contributed by atoms with van der Waals surface area (Å²) >= 11 is 0. The summed E-state index contributed by atoms with van der Waals surface area (Å²) in [5, 5.41) is 11.5. The number of halogens is 1. The van der Waals surface area contributed by atoms with Crippen molar-refractivity contribution in [2.75, 3.05) is 5.32 Å². The van der Waals surface area contributed by atoms with Gasteiger partial charge in [0.15, 0.2) is 0 Å². The SMILES string of the molecule is Cc1c(NC(=O)c2cccc(F)n2)cccc1C(=O)O. The second-order valence-electron chi connectivity index (χ2n) is 4.08. The van der Waals surface area contributed by atoms with E-state index in [1.807, 2.05) is 0 Å². The van der Waals surface area contributed by atoms with Crippen LogP contribution in [-0.2, 0) is 0 Å². The minimum atomic E-state index is -1.08. The smallest absolute Gasteiger partial charge is 0.336 e.